The Hall–Kier alpha value is -2.60. The maximum absolute atomic E-state index is 8.87. The minimum atomic E-state index is 0.696. The first kappa shape index (κ1) is 10.5. The van der Waals surface area contributed by atoms with E-state index >= 15 is 0 Å². The van der Waals surface area contributed by atoms with Crippen molar-refractivity contribution in [1.29, 1.82) is 5.26 Å². The van der Waals surface area contributed by atoms with Crippen molar-refractivity contribution >= 4 is 10.9 Å². The van der Waals surface area contributed by atoms with Crippen molar-refractivity contribution < 1.29 is 0 Å². The minimum absolute atomic E-state index is 0.696. The van der Waals surface area contributed by atoms with Crippen LogP contribution in [0.3, 0.4) is 0 Å². The number of hydrogen-bond acceptors (Lipinski definition) is 2. The molecule has 2 heterocycles. The number of rotatable bonds is 2. The molecule has 0 amide bonds. The SMILES string of the molecule is N#Cc1ccc2c(ccn2Cc2cccnc2)c1. The van der Waals surface area contributed by atoms with Crippen LogP contribution in [0.2, 0.25) is 0 Å². The molecule has 18 heavy (non-hydrogen) atoms. The van der Waals surface area contributed by atoms with Gasteiger partial charge in [-0.05, 0) is 35.9 Å². The quantitative estimate of drug-likeness (QED) is 0.682. The van der Waals surface area contributed by atoms with Crippen LogP contribution in [0.1, 0.15) is 11.1 Å². The number of aromatic nitrogens is 2. The molecule has 0 spiro atoms. The highest BCUT2D eigenvalue weighted by atomic mass is 15.0. The molecule has 3 aromatic rings. The number of fused-ring (bicyclic) bond motifs is 1. The molecular weight excluding hydrogens is 222 g/mol. The van der Waals surface area contributed by atoms with Crippen LogP contribution in [-0.2, 0) is 6.54 Å². The zero-order valence-corrected chi connectivity index (χ0v) is 9.74. The van der Waals surface area contributed by atoms with E-state index in [1.165, 1.54) is 5.56 Å². The van der Waals surface area contributed by atoms with E-state index in [4.69, 9.17) is 5.26 Å². The number of hydrogen-bond donors (Lipinski definition) is 0. The molecule has 3 rings (SSSR count). The first-order valence-corrected chi connectivity index (χ1v) is 5.75. The summed E-state index contributed by atoms with van der Waals surface area (Å²) in [5.74, 6) is 0. The van der Waals surface area contributed by atoms with Gasteiger partial charge in [0.15, 0.2) is 0 Å². The van der Waals surface area contributed by atoms with Crippen LogP contribution in [0.5, 0.6) is 0 Å². The van der Waals surface area contributed by atoms with Gasteiger partial charge in [0, 0.05) is 36.0 Å². The third-order valence-electron chi connectivity index (χ3n) is 2.98. The predicted octanol–water partition coefficient (Wildman–Crippen LogP) is 2.96. The summed E-state index contributed by atoms with van der Waals surface area (Å²) < 4.78 is 2.16. The fourth-order valence-electron chi connectivity index (χ4n) is 2.10. The molecule has 0 aliphatic carbocycles. The van der Waals surface area contributed by atoms with Crippen molar-refractivity contribution in [2.75, 3.05) is 0 Å². The number of nitrogens with zero attached hydrogens (tertiary/aromatic N) is 3. The molecule has 1 aromatic carbocycles. The van der Waals surface area contributed by atoms with Gasteiger partial charge in [0.1, 0.15) is 0 Å². The highest BCUT2D eigenvalue weighted by molar-refractivity contribution is 5.81. The van der Waals surface area contributed by atoms with Crippen LogP contribution < -0.4 is 0 Å². The molecule has 0 unspecified atom stereocenters. The van der Waals surface area contributed by atoms with Gasteiger partial charge in [-0.15, -0.1) is 0 Å². The zero-order chi connectivity index (χ0) is 12.4. The van der Waals surface area contributed by atoms with Gasteiger partial charge in [0.25, 0.3) is 0 Å². The Kier molecular flexibility index (Phi) is 2.54. The van der Waals surface area contributed by atoms with Crippen LogP contribution in [0.25, 0.3) is 10.9 Å². The summed E-state index contributed by atoms with van der Waals surface area (Å²) in [5, 5.41) is 9.97. The molecule has 0 atom stereocenters. The lowest BCUT2D eigenvalue weighted by Crippen LogP contribution is -1.97. The summed E-state index contributed by atoms with van der Waals surface area (Å²) >= 11 is 0. The first-order valence-electron chi connectivity index (χ1n) is 5.75. The fourth-order valence-corrected chi connectivity index (χ4v) is 2.10. The monoisotopic (exact) mass is 233 g/mol. The average Bonchev–Trinajstić information content (AvgIpc) is 2.82. The van der Waals surface area contributed by atoms with Crippen molar-refractivity contribution in [3.8, 4) is 6.07 Å². The molecule has 3 heteroatoms. The largest absolute Gasteiger partial charge is 0.343 e. The van der Waals surface area contributed by atoms with Gasteiger partial charge in [0.2, 0.25) is 0 Å². The highest BCUT2D eigenvalue weighted by Crippen LogP contribution is 2.18. The molecule has 2 aromatic heterocycles. The van der Waals surface area contributed by atoms with Crippen molar-refractivity contribution in [2.45, 2.75) is 6.54 Å². The predicted molar refractivity (Wildman–Crippen MR) is 70.0 cm³/mol. The van der Waals surface area contributed by atoms with Gasteiger partial charge < -0.3 is 4.57 Å². The van der Waals surface area contributed by atoms with E-state index in [2.05, 4.69) is 21.7 Å². The Bertz CT molecular complexity index is 720. The minimum Gasteiger partial charge on any atom is -0.343 e. The van der Waals surface area contributed by atoms with E-state index in [1.807, 2.05) is 42.7 Å². The third-order valence-corrected chi connectivity index (χ3v) is 2.98. The Morgan fingerprint density at radius 1 is 1.22 bits per heavy atom. The molecule has 0 saturated carbocycles. The zero-order valence-electron chi connectivity index (χ0n) is 9.74. The van der Waals surface area contributed by atoms with Gasteiger partial charge in [-0.25, -0.2) is 0 Å². The lowest BCUT2D eigenvalue weighted by atomic mass is 10.2. The van der Waals surface area contributed by atoms with Gasteiger partial charge >= 0.3 is 0 Å². The van der Waals surface area contributed by atoms with E-state index in [9.17, 15) is 0 Å². The van der Waals surface area contributed by atoms with Gasteiger partial charge in [-0.3, -0.25) is 4.98 Å². The van der Waals surface area contributed by atoms with E-state index in [-0.39, 0.29) is 0 Å². The van der Waals surface area contributed by atoms with Crippen LogP contribution in [0.4, 0.5) is 0 Å². The molecule has 0 aliphatic heterocycles. The molecule has 3 nitrogen and oxygen atoms in total. The van der Waals surface area contributed by atoms with E-state index < -0.39 is 0 Å². The molecule has 0 N–H and O–H groups in total. The van der Waals surface area contributed by atoms with Gasteiger partial charge in [-0.1, -0.05) is 6.07 Å². The van der Waals surface area contributed by atoms with Gasteiger partial charge in [0.05, 0.1) is 11.6 Å². The molecule has 0 fully saturated rings. The first-order chi connectivity index (χ1) is 8.86. The lowest BCUT2D eigenvalue weighted by Gasteiger charge is -2.05. The second-order valence-corrected chi connectivity index (χ2v) is 4.19. The number of nitriles is 1. The maximum Gasteiger partial charge on any atom is 0.0991 e. The van der Waals surface area contributed by atoms with Gasteiger partial charge in [-0.2, -0.15) is 5.26 Å². The molecule has 0 aliphatic rings. The molecule has 86 valence electrons. The van der Waals surface area contributed by atoms with Crippen LogP contribution in [-0.4, -0.2) is 9.55 Å². The standard InChI is InChI=1S/C15H11N3/c16-9-12-3-4-15-14(8-12)5-7-18(15)11-13-2-1-6-17-10-13/h1-8,10H,11H2. The lowest BCUT2D eigenvalue weighted by molar-refractivity contribution is 0.831. The topological polar surface area (TPSA) is 41.6 Å². The van der Waals surface area contributed by atoms with Crippen LogP contribution >= 0.6 is 0 Å². The number of pyridine rings is 1. The second kappa shape index (κ2) is 4.34. The summed E-state index contributed by atoms with van der Waals surface area (Å²) in [6.07, 6.45) is 5.69. The Morgan fingerprint density at radius 2 is 2.17 bits per heavy atom. The Labute approximate surface area is 105 Å². The van der Waals surface area contributed by atoms with Crippen molar-refractivity contribution in [3.63, 3.8) is 0 Å². The van der Waals surface area contributed by atoms with Crippen molar-refractivity contribution in [2.24, 2.45) is 0 Å². The van der Waals surface area contributed by atoms with Crippen LogP contribution in [0, 0.1) is 11.3 Å². The summed E-state index contributed by atoms with van der Waals surface area (Å²) in [5.41, 5.74) is 3.00. The fraction of sp³-hybridized carbons (Fsp3) is 0.0667. The normalized spacial score (nSPS) is 10.4. The summed E-state index contributed by atoms with van der Waals surface area (Å²) in [6.45, 7) is 0.795. The number of benzene rings is 1. The second-order valence-electron chi connectivity index (χ2n) is 4.19. The Morgan fingerprint density at radius 3 is 2.94 bits per heavy atom. The molecular formula is C15H11N3. The summed E-state index contributed by atoms with van der Waals surface area (Å²) in [6, 6.07) is 13.9. The van der Waals surface area contributed by atoms with Crippen molar-refractivity contribution in [1.82, 2.24) is 9.55 Å². The Balaban J connectivity index is 2.01. The summed E-state index contributed by atoms with van der Waals surface area (Å²) in [4.78, 5) is 4.12. The average molecular weight is 233 g/mol. The maximum atomic E-state index is 8.87. The van der Waals surface area contributed by atoms with Crippen molar-refractivity contribution in [3.05, 3.63) is 66.1 Å². The van der Waals surface area contributed by atoms with E-state index in [1.54, 1.807) is 6.20 Å². The van der Waals surface area contributed by atoms with E-state index in [0.29, 0.717) is 5.56 Å². The third kappa shape index (κ3) is 1.85. The smallest absolute Gasteiger partial charge is 0.0991 e. The van der Waals surface area contributed by atoms with Crippen LogP contribution in [0.15, 0.2) is 55.0 Å². The molecule has 0 radical (unpaired) electrons. The van der Waals surface area contributed by atoms with E-state index in [0.717, 1.165) is 17.4 Å². The highest BCUT2D eigenvalue weighted by Gasteiger charge is 2.02. The molecule has 0 bridgehead atoms. The summed E-state index contributed by atoms with van der Waals surface area (Å²) in [7, 11) is 0. The molecule has 0 saturated heterocycles.